The monoisotopic (exact) mass is 496 g/mol. The molecule has 0 atom stereocenters. The fourth-order valence-corrected chi connectivity index (χ4v) is 4.23. The van der Waals surface area contributed by atoms with Gasteiger partial charge < -0.3 is 4.84 Å². The van der Waals surface area contributed by atoms with Gasteiger partial charge in [-0.1, -0.05) is 75.7 Å². The average molecular weight is 497 g/mol. The summed E-state index contributed by atoms with van der Waals surface area (Å²) in [6.07, 6.45) is 4.78. The molecule has 0 unspecified atom stereocenters. The Morgan fingerprint density at radius 2 is 1.62 bits per heavy atom. The van der Waals surface area contributed by atoms with Crippen LogP contribution in [0.3, 0.4) is 0 Å². The smallest absolute Gasteiger partial charge is 0.338 e. The third-order valence-electron chi connectivity index (χ3n) is 6.23. The van der Waals surface area contributed by atoms with Crippen molar-refractivity contribution in [1.29, 1.82) is 0 Å². The zero-order valence-corrected chi connectivity index (χ0v) is 21.5. The highest BCUT2D eigenvalue weighted by atomic mass is 16.7. The van der Waals surface area contributed by atoms with Gasteiger partial charge >= 0.3 is 5.97 Å². The van der Waals surface area contributed by atoms with E-state index in [1.165, 1.54) is 4.68 Å². The number of nitrogens with one attached hydrogen (secondary N) is 2. The van der Waals surface area contributed by atoms with E-state index in [0.717, 1.165) is 47.5 Å². The normalized spacial score (nSPS) is 11.1. The Hall–Kier alpha value is -4.39. The molecule has 7 nitrogen and oxygen atoms in total. The lowest BCUT2D eigenvalue weighted by Crippen LogP contribution is -2.21. The minimum atomic E-state index is -0.591. The second kappa shape index (κ2) is 12.0. The zero-order chi connectivity index (χ0) is 26.2. The van der Waals surface area contributed by atoms with E-state index in [4.69, 9.17) is 4.84 Å². The van der Waals surface area contributed by atoms with Crippen LogP contribution in [0.25, 0.3) is 5.69 Å². The Kier molecular flexibility index (Phi) is 8.36. The molecule has 0 aliphatic rings. The van der Waals surface area contributed by atoms with Gasteiger partial charge in [0.15, 0.2) is 0 Å². The molecule has 0 saturated heterocycles. The van der Waals surface area contributed by atoms with Gasteiger partial charge in [-0.25, -0.2) is 15.0 Å². The predicted molar refractivity (Wildman–Crippen MR) is 148 cm³/mol. The molecule has 0 aliphatic carbocycles. The van der Waals surface area contributed by atoms with E-state index in [1.54, 1.807) is 30.5 Å². The maximum absolute atomic E-state index is 13.6. The van der Waals surface area contributed by atoms with Gasteiger partial charge in [-0.15, -0.1) is 0 Å². The van der Waals surface area contributed by atoms with Gasteiger partial charge in [-0.2, -0.15) is 0 Å². The largest absolute Gasteiger partial charge is 0.364 e. The standard InChI is InChI=1S/C30H32N4O3/c1-4-13-27-24(20-31-25-17-10-7-14-21(25)5-2)29(35)34(32-27)28-19-12-9-16-23(28)30(36)37-33-26-18-11-8-15-22(26)6-3/h7-12,14-20,32-33H,4-6,13H2,1-3H3. The first-order valence-corrected chi connectivity index (χ1v) is 12.7. The van der Waals surface area contributed by atoms with Crippen LogP contribution in [0.5, 0.6) is 0 Å². The summed E-state index contributed by atoms with van der Waals surface area (Å²) >= 11 is 0. The molecule has 37 heavy (non-hydrogen) atoms. The van der Waals surface area contributed by atoms with Crippen LogP contribution in [0.1, 0.15) is 59.9 Å². The van der Waals surface area contributed by atoms with E-state index in [2.05, 4.69) is 22.5 Å². The molecule has 7 heteroatoms. The van der Waals surface area contributed by atoms with Crippen molar-refractivity contribution in [2.24, 2.45) is 4.99 Å². The zero-order valence-electron chi connectivity index (χ0n) is 21.5. The topological polar surface area (TPSA) is 88.5 Å². The van der Waals surface area contributed by atoms with Gasteiger partial charge in [0, 0.05) is 11.9 Å². The van der Waals surface area contributed by atoms with Gasteiger partial charge in [0.1, 0.15) is 0 Å². The number of aromatic nitrogens is 2. The number of hydrogen-bond donors (Lipinski definition) is 2. The maximum atomic E-state index is 13.6. The summed E-state index contributed by atoms with van der Waals surface area (Å²) < 4.78 is 1.40. The molecule has 1 aromatic heterocycles. The van der Waals surface area contributed by atoms with E-state index in [9.17, 15) is 9.59 Å². The molecule has 0 aliphatic heterocycles. The number of benzene rings is 3. The number of aryl methyl sites for hydroxylation is 3. The fraction of sp³-hybridized carbons (Fsp3) is 0.233. The number of carbonyl (C=O) groups excluding carboxylic acids is 1. The molecule has 190 valence electrons. The molecule has 1 heterocycles. The van der Waals surface area contributed by atoms with Crippen LogP contribution in [0.2, 0.25) is 0 Å². The highest BCUT2D eigenvalue weighted by Crippen LogP contribution is 2.21. The number of para-hydroxylation sites is 3. The number of H-pyrrole nitrogens is 1. The molecular weight excluding hydrogens is 464 g/mol. The summed E-state index contributed by atoms with van der Waals surface area (Å²) in [6, 6.07) is 22.4. The van der Waals surface area contributed by atoms with Gasteiger partial charge in [0.25, 0.3) is 5.56 Å². The second-order valence-corrected chi connectivity index (χ2v) is 8.65. The Balaban J connectivity index is 1.68. The van der Waals surface area contributed by atoms with E-state index >= 15 is 0 Å². The predicted octanol–water partition coefficient (Wildman–Crippen LogP) is 6.18. The summed E-state index contributed by atoms with van der Waals surface area (Å²) in [7, 11) is 0. The average Bonchev–Trinajstić information content (AvgIpc) is 3.25. The van der Waals surface area contributed by atoms with Crippen molar-refractivity contribution in [3.63, 3.8) is 0 Å². The van der Waals surface area contributed by atoms with Crippen molar-refractivity contribution in [3.8, 4) is 5.69 Å². The van der Waals surface area contributed by atoms with Gasteiger partial charge in [0.2, 0.25) is 0 Å². The van der Waals surface area contributed by atoms with Crippen LogP contribution in [0, 0.1) is 0 Å². The number of rotatable bonds is 10. The first kappa shape index (κ1) is 25.7. The molecule has 2 N–H and O–H groups in total. The first-order valence-electron chi connectivity index (χ1n) is 12.7. The van der Waals surface area contributed by atoms with E-state index in [-0.39, 0.29) is 11.1 Å². The van der Waals surface area contributed by atoms with Crippen molar-refractivity contribution in [3.05, 3.63) is 111 Å². The van der Waals surface area contributed by atoms with Gasteiger partial charge in [-0.05, 0) is 54.7 Å². The van der Waals surface area contributed by atoms with Crippen molar-refractivity contribution >= 4 is 23.6 Å². The molecule has 3 aromatic carbocycles. The number of anilines is 1. The molecule has 0 fully saturated rings. The highest BCUT2D eigenvalue weighted by molar-refractivity contribution is 5.94. The Morgan fingerprint density at radius 3 is 2.38 bits per heavy atom. The van der Waals surface area contributed by atoms with Gasteiger partial charge in [-0.3, -0.25) is 14.9 Å². The number of aliphatic imine (C=N–C) groups is 1. The number of aromatic amines is 1. The molecule has 0 radical (unpaired) electrons. The summed E-state index contributed by atoms with van der Waals surface area (Å²) in [5.74, 6) is -0.591. The lowest BCUT2D eigenvalue weighted by molar-refractivity contribution is 0.0596. The van der Waals surface area contributed by atoms with Crippen LogP contribution in [0.15, 0.2) is 82.6 Å². The molecule has 0 saturated carbocycles. The maximum Gasteiger partial charge on any atom is 0.364 e. The van der Waals surface area contributed by atoms with Crippen LogP contribution >= 0.6 is 0 Å². The molecule has 4 rings (SSSR count). The van der Waals surface area contributed by atoms with Crippen LogP contribution < -0.4 is 11.0 Å². The summed E-state index contributed by atoms with van der Waals surface area (Å²) in [5, 5.41) is 3.20. The molecular formula is C30H32N4O3. The quantitative estimate of drug-likeness (QED) is 0.203. The van der Waals surface area contributed by atoms with Crippen molar-refractivity contribution in [2.75, 3.05) is 5.48 Å². The van der Waals surface area contributed by atoms with Crippen LogP contribution in [-0.2, 0) is 24.1 Å². The summed E-state index contributed by atoms with van der Waals surface area (Å²) in [6.45, 7) is 6.16. The summed E-state index contributed by atoms with van der Waals surface area (Å²) in [4.78, 5) is 36.7. The molecule has 4 aromatic rings. The Morgan fingerprint density at radius 1 is 0.946 bits per heavy atom. The number of hydrogen-bond acceptors (Lipinski definition) is 5. The fourth-order valence-electron chi connectivity index (χ4n) is 4.23. The molecule has 0 spiro atoms. The SMILES string of the molecule is CCCc1[nH]n(-c2ccccc2C(=O)ONc2ccccc2CC)c(=O)c1C=Nc1ccccc1CC. The van der Waals surface area contributed by atoms with Crippen molar-refractivity contribution in [1.82, 2.24) is 9.78 Å². The highest BCUT2D eigenvalue weighted by Gasteiger charge is 2.20. The van der Waals surface area contributed by atoms with Crippen molar-refractivity contribution in [2.45, 2.75) is 46.5 Å². The molecule has 0 bridgehead atoms. The van der Waals surface area contributed by atoms with Crippen molar-refractivity contribution < 1.29 is 9.63 Å². The first-order chi connectivity index (χ1) is 18.1. The molecule has 0 amide bonds. The van der Waals surface area contributed by atoms with Gasteiger partial charge in [0.05, 0.1) is 28.2 Å². The number of carbonyl (C=O) groups is 1. The van der Waals surface area contributed by atoms with Crippen LogP contribution in [0.4, 0.5) is 11.4 Å². The summed E-state index contributed by atoms with van der Waals surface area (Å²) in [5.41, 5.74) is 8.12. The lowest BCUT2D eigenvalue weighted by atomic mass is 10.1. The second-order valence-electron chi connectivity index (χ2n) is 8.65. The lowest BCUT2D eigenvalue weighted by Gasteiger charge is -2.12. The van der Waals surface area contributed by atoms with E-state index < -0.39 is 5.97 Å². The third-order valence-corrected chi connectivity index (χ3v) is 6.23. The van der Waals surface area contributed by atoms with Crippen LogP contribution in [-0.4, -0.2) is 22.0 Å². The minimum absolute atomic E-state index is 0.259. The van der Waals surface area contributed by atoms with E-state index in [1.807, 2.05) is 62.4 Å². The Labute approximate surface area is 216 Å². The third kappa shape index (κ3) is 5.72. The van der Waals surface area contributed by atoms with E-state index in [0.29, 0.717) is 17.7 Å². The minimum Gasteiger partial charge on any atom is -0.338 e. The Bertz CT molecular complexity index is 1470. The number of nitrogens with zero attached hydrogens (tertiary/aromatic N) is 2.